The first-order valence-corrected chi connectivity index (χ1v) is 13.1. The van der Waals surface area contributed by atoms with E-state index in [4.69, 9.17) is 5.73 Å². The number of amides is 2. The molecule has 0 heterocycles. The second-order valence-corrected chi connectivity index (χ2v) is 8.62. The number of unbranched alkanes of at least 4 members (excludes halogenated alkanes) is 15. The fourth-order valence-corrected chi connectivity index (χ4v) is 3.37. The summed E-state index contributed by atoms with van der Waals surface area (Å²) < 4.78 is 0. The summed E-state index contributed by atoms with van der Waals surface area (Å²) in [5.41, 5.74) is 5.02. The summed E-state index contributed by atoms with van der Waals surface area (Å²) in [5.74, 6) is 0.0867. The van der Waals surface area contributed by atoms with E-state index in [1.807, 2.05) is 0 Å². The third kappa shape index (κ3) is 31.6. The maximum absolute atomic E-state index is 11.5. The Bertz CT molecular complexity index is 359. The fourth-order valence-electron chi connectivity index (χ4n) is 3.37. The van der Waals surface area contributed by atoms with Gasteiger partial charge in [-0.3, -0.25) is 9.59 Å². The number of rotatable bonds is 21. The van der Waals surface area contributed by atoms with Gasteiger partial charge < -0.3 is 11.1 Å². The Hall–Kier alpha value is -1.06. The third-order valence-corrected chi connectivity index (χ3v) is 5.39. The standard InChI is InChI=1S/C16H33NO.C10H21NO/c1-3-5-7-9-10-11-12-14-16(18)17-15-13-8-6-4-2;1-2-3-4-5-6-7-8-9-10(11)12/h3-15H2,1-2H3,(H,17,18);2-9H2,1H3,(H2,11,12). The summed E-state index contributed by atoms with van der Waals surface area (Å²) >= 11 is 0. The molecule has 0 aliphatic heterocycles. The molecule has 180 valence electrons. The number of carbonyl (C=O) groups excluding carboxylic acids is 2. The van der Waals surface area contributed by atoms with Crippen LogP contribution in [0, 0.1) is 0 Å². The molecule has 2 amide bonds. The van der Waals surface area contributed by atoms with Crippen LogP contribution in [0.1, 0.15) is 149 Å². The van der Waals surface area contributed by atoms with Gasteiger partial charge in [-0.1, -0.05) is 117 Å². The Morgan fingerprint density at radius 1 is 0.533 bits per heavy atom. The van der Waals surface area contributed by atoms with Crippen LogP contribution < -0.4 is 11.1 Å². The lowest BCUT2D eigenvalue weighted by Gasteiger charge is -2.05. The van der Waals surface area contributed by atoms with Gasteiger partial charge in [-0.15, -0.1) is 0 Å². The first kappa shape index (κ1) is 31.1. The van der Waals surface area contributed by atoms with Crippen molar-refractivity contribution in [3.8, 4) is 0 Å². The summed E-state index contributed by atoms with van der Waals surface area (Å²) in [6, 6.07) is 0. The van der Waals surface area contributed by atoms with Crippen LogP contribution in [-0.4, -0.2) is 18.4 Å². The maximum Gasteiger partial charge on any atom is 0.219 e. The minimum absolute atomic E-state index is 0.163. The van der Waals surface area contributed by atoms with Crippen LogP contribution in [0.5, 0.6) is 0 Å². The average molecular weight is 427 g/mol. The maximum atomic E-state index is 11.5. The average Bonchev–Trinajstić information content (AvgIpc) is 2.72. The van der Waals surface area contributed by atoms with Crippen LogP contribution in [0.25, 0.3) is 0 Å². The lowest BCUT2D eigenvalue weighted by atomic mass is 10.1. The third-order valence-electron chi connectivity index (χ3n) is 5.39. The molecule has 0 aromatic carbocycles. The van der Waals surface area contributed by atoms with E-state index in [1.54, 1.807) is 0 Å². The zero-order valence-electron chi connectivity index (χ0n) is 20.7. The first-order valence-electron chi connectivity index (χ1n) is 13.1. The van der Waals surface area contributed by atoms with Gasteiger partial charge in [-0.05, 0) is 19.3 Å². The summed E-state index contributed by atoms with van der Waals surface area (Å²) in [6.45, 7) is 7.53. The molecule has 0 atom stereocenters. The van der Waals surface area contributed by atoms with Crippen LogP contribution in [0.2, 0.25) is 0 Å². The molecule has 0 rings (SSSR count). The normalized spacial score (nSPS) is 10.4. The summed E-state index contributed by atoms with van der Waals surface area (Å²) in [4.78, 5) is 21.9. The minimum atomic E-state index is -0.163. The second kappa shape index (κ2) is 27.9. The quantitative estimate of drug-likeness (QED) is 0.187. The molecule has 0 unspecified atom stereocenters. The number of hydrogen-bond donors (Lipinski definition) is 2. The van der Waals surface area contributed by atoms with Gasteiger partial charge in [0.15, 0.2) is 0 Å². The van der Waals surface area contributed by atoms with E-state index in [0.717, 1.165) is 38.6 Å². The van der Waals surface area contributed by atoms with Crippen LogP contribution >= 0.6 is 0 Å². The molecule has 4 heteroatoms. The molecule has 0 saturated heterocycles. The summed E-state index contributed by atoms with van der Waals surface area (Å²) in [7, 11) is 0. The molecule has 0 aliphatic rings. The van der Waals surface area contributed by atoms with Crippen molar-refractivity contribution in [1.82, 2.24) is 5.32 Å². The van der Waals surface area contributed by atoms with Crippen molar-refractivity contribution >= 4 is 11.8 Å². The van der Waals surface area contributed by atoms with Crippen LogP contribution in [0.4, 0.5) is 0 Å². The molecule has 0 aromatic rings. The van der Waals surface area contributed by atoms with E-state index in [0.29, 0.717) is 6.42 Å². The van der Waals surface area contributed by atoms with Gasteiger partial charge in [0.1, 0.15) is 0 Å². The molecule has 0 radical (unpaired) electrons. The minimum Gasteiger partial charge on any atom is -0.370 e. The number of nitrogens with one attached hydrogen (secondary N) is 1. The first-order chi connectivity index (χ1) is 14.6. The zero-order chi connectivity index (χ0) is 22.7. The highest BCUT2D eigenvalue weighted by atomic mass is 16.1. The lowest BCUT2D eigenvalue weighted by Crippen LogP contribution is -2.23. The molecular formula is C26H54N2O2. The molecule has 0 aliphatic carbocycles. The molecule has 4 nitrogen and oxygen atoms in total. The monoisotopic (exact) mass is 426 g/mol. The van der Waals surface area contributed by atoms with Gasteiger partial charge in [0, 0.05) is 19.4 Å². The number of primary amides is 1. The summed E-state index contributed by atoms with van der Waals surface area (Å²) in [5, 5.41) is 3.01. The lowest BCUT2D eigenvalue weighted by molar-refractivity contribution is -0.121. The van der Waals surface area contributed by atoms with E-state index >= 15 is 0 Å². The van der Waals surface area contributed by atoms with Crippen molar-refractivity contribution in [3.63, 3.8) is 0 Å². The van der Waals surface area contributed by atoms with Crippen molar-refractivity contribution < 1.29 is 9.59 Å². The van der Waals surface area contributed by atoms with Gasteiger partial charge in [0.05, 0.1) is 0 Å². The highest BCUT2D eigenvalue weighted by molar-refractivity contribution is 5.75. The van der Waals surface area contributed by atoms with E-state index < -0.39 is 0 Å². The van der Waals surface area contributed by atoms with Crippen LogP contribution in [-0.2, 0) is 9.59 Å². The smallest absolute Gasteiger partial charge is 0.219 e. The highest BCUT2D eigenvalue weighted by Gasteiger charge is 2.00. The van der Waals surface area contributed by atoms with Gasteiger partial charge >= 0.3 is 0 Å². The predicted octanol–water partition coefficient (Wildman–Crippen LogP) is 7.44. The molecule has 0 fully saturated rings. The number of nitrogens with two attached hydrogens (primary N) is 1. The topological polar surface area (TPSA) is 72.2 Å². The van der Waals surface area contributed by atoms with Crippen LogP contribution in [0.15, 0.2) is 0 Å². The van der Waals surface area contributed by atoms with E-state index in [9.17, 15) is 9.59 Å². The fraction of sp³-hybridized carbons (Fsp3) is 0.923. The van der Waals surface area contributed by atoms with Gasteiger partial charge in [-0.25, -0.2) is 0 Å². The molecule has 0 aromatic heterocycles. The largest absolute Gasteiger partial charge is 0.370 e. The van der Waals surface area contributed by atoms with Crippen LogP contribution in [0.3, 0.4) is 0 Å². The van der Waals surface area contributed by atoms with Crippen molar-refractivity contribution in [1.29, 1.82) is 0 Å². The highest BCUT2D eigenvalue weighted by Crippen LogP contribution is 2.09. The molecule has 0 spiro atoms. The molecular weight excluding hydrogens is 372 g/mol. The van der Waals surface area contributed by atoms with E-state index in [1.165, 1.54) is 89.9 Å². The van der Waals surface area contributed by atoms with Crippen molar-refractivity contribution in [2.24, 2.45) is 5.73 Å². The van der Waals surface area contributed by atoms with Gasteiger partial charge in [0.25, 0.3) is 0 Å². The zero-order valence-corrected chi connectivity index (χ0v) is 20.7. The molecule has 30 heavy (non-hydrogen) atoms. The van der Waals surface area contributed by atoms with Gasteiger partial charge in [0.2, 0.25) is 11.8 Å². The Labute approximate surface area is 188 Å². The number of hydrogen-bond acceptors (Lipinski definition) is 2. The number of carbonyl (C=O) groups is 2. The van der Waals surface area contributed by atoms with Gasteiger partial charge in [-0.2, -0.15) is 0 Å². The van der Waals surface area contributed by atoms with Crippen molar-refractivity contribution in [3.05, 3.63) is 0 Å². The van der Waals surface area contributed by atoms with E-state index in [2.05, 4.69) is 26.1 Å². The summed E-state index contributed by atoms with van der Waals surface area (Å²) in [6.07, 6.45) is 23.8. The predicted molar refractivity (Wildman–Crippen MR) is 132 cm³/mol. The van der Waals surface area contributed by atoms with Crippen molar-refractivity contribution in [2.75, 3.05) is 6.54 Å². The SMILES string of the molecule is CCCCCCCCCC(=O)NCCCCCC.CCCCCCCCCC(N)=O. The Morgan fingerprint density at radius 2 is 0.900 bits per heavy atom. The molecule has 0 bridgehead atoms. The Balaban J connectivity index is 0. The molecule has 0 saturated carbocycles. The second-order valence-electron chi connectivity index (χ2n) is 8.62. The Kier molecular flexibility index (Phi) is 29.0. The van der Waals surface area contributed by atoms with Crippen molar-refractivity contribution in [2.45, 2.75) is 149 Å². The van der Waals surface area contributed by atoms with E-state index in [-0.39, 0.29) is 11.8 Å². The molecule has 3 N–H and O–H groups in total. The Morgan fingerprint density at radius 3 is 1.33 bits per heavy atom.